The van der Waals surface area contributed by atoms with Crippen LogP contribution in [-0.2, 0) is 0 Å². The second-order valence-electron chi connectivity index (χ2n) is 4.27. The number of carbonyl (C=O) groups is 1. The fourth-order valence-corrected chi connectivity index (χ4v) is 1.84. The molecule has 0 radical (unpaired) electrons. The van der Waals surface area contributed by atoms with E-state index in [0.29, 0.717) is 21.9 Å². The number of ether oxygens (including phenoxy) is 1. The SMILES string of the molecule is C[C@H](Oc1ccc(C#N)cc1)C(=O)c1ccc(Cl)cc1. The number of ketones is 1. The van der Waals surface area contributed by atoms with Crippen LogP contribution in [-0.4, -0.2) is 11.9 Å². The zero-order chi connectivity index (χ0) is 14.5. The van der Waals surface area contributed by atoms with Crippen molar-refractivity contribution < 1.29 is 9.53 Å². The summed E-state index contributed by atoms with van der Waals surface area (Å²) in [5.41, 5.74) is 1.10. The van der Waals surface area contributed by atoms with E-state index in [9.17, 15) is 4.79 Å². The van der Waals surface area contributed by atoms with E-state index in [2.05, 4.69) is 0 Å². The lowest BCUT2D eigenvalue weighted by molar-refractivity contribution is 0.0818. The van der Waals surface area contributed by atoms with E-state index in [1.807, 2.05) is 6.07 Å². The maximum Gasteiger partial charge on any atom is 0.202 e. The van der Waals surface area contributed by atoms with Crippen LogP contribution in [0.1, 0.15) is 22.8 Å². The Morgan fingerprint density at radius 3 is 2.30 bits per heavy atom. The smallest absolute Gasteiger partial charge is 0.202 e. The highest BCUT2D eigenvalue weighted by Gasteiger charge is 2.16. The molecule has 0 unspecified atom stereocenters. The molecule has 2 rings (SSSR count). The Bertz CT molecular complexity index is 642. The first kappa shape index (κ1) is 14.1. The van der Waals surface area contributed by atoms with Crippen molar-refractivity contribution in [2.75, 3.05) is 0 Å². The van der Waals surface area contributed by atoms with Crippen LogP contribution >= 0.6 is 11.6 Å². The number of nitriles is 1. The van der Waals surface area contributed by atoms with Crippen LogP contribution in [0.25, 0.3) is 0 Å². The normalized spacial score (nSPS) is 11.4. The van der Waals surface area contributed by atoms with Crippen molar-refractivity contribution in [3.63, 3.8) is 0 Å². The highest BCUT2D eigenvalue weighted by molar-refractivity contribution is 6.30. The molecular weight excluding hydrogens is 274 g/mol. The third-order valence-corrected chi connectivity index (χ3v) is 3.05. The molecule has 20 heavy (non-hydrogen) atoms. The van der Waals surface area contributed by atoms with Gasteiger partial charge in [-0.3, -0.25) is 4.79 Å². The molecule has 0 saturated heterocycles. The van der Waals surface area contributed by atoms with Crippen molar-refractivity contribution in [3.8, 4) is 11.8 Å². The molecule has 0 spiro atoms. The summed E-state index contributed by atoms with van der Waals surface area (Å²) in [5, 5.41) is 9.30. The van der Waals surface area contributed by atoms with Crippen molar-refractivity contribution in [2.45, 2.75) is 13.0 Å². The van der Waals surface area contributed by atoms with Gasteiger partial charge in [0.2, 0.25) is 5.78 Å². The maximum atomic E-state index is 12.2. The van der Waals surface area contributed by atoms with Crippen LogP contribution in [0, 0.1) is 11.3 Å². The van der Waals surface area contributed by atoms with E-state index in [1.165, 1.54) is 0 Å². The van der Waals surface area contributed by atoms with Gasteiger partial charge in [-0.1, -0.05) is 11.6 Å². The molecule has 2 aromatic rings. The Balaban J connectivity index is 2.07. The van der Waals surface area contributed by atoms with Gasteiger partial charge in [0.1, 0.15) is 5.75 Å². The van der Waals surface area contributed by atoms with E-state index < -0.39 is 6.10 Å². The molecule has 0 aliphatic heterocycles. The molecule has 0 saturated carbocycles. The van der Waals surface area contributed by atoms with Crippen LogP contribution < -0.4 is 4.74 Å². The quantitative estimate of drug-likeness (QED) is 0.802. The number of rotatable bonds is 4. The highest BCUT2D eigenvalue weighted by atomic mass is 35.5. The second-order valence-corrected chi connectivity index (χ2v) is 4.70. The molecule has 1 atom stereocenters. The van der Waals surface area contributed by atoms with E-state index in [1.54, 1.807) is 55.5 Å². The summed E-state index contributed by atoms with van der Waals surface area (Å²) in [6, 6.07) is 15.3. The third-order valence-electron chi connectivity index (χ3n) is 2.79. The zero-order valence-corrected chi connectivity index (χ0v) is 11.6. The van der Waals surface area contributed by atoms with Gasteiger partial charge < -0.3 is 4.74 Å². The van der Waals surface area contributed by atoms with E-state index in [4.69, 9.17) is 21.6 Å². The fraction of sp³-hybridized carbons (Fsp3) is 0.125. The Labute approximate surface area is 122 Å². The summed E-state index contributed by atoms with van der Waals surface area (Å²) in [5.74, 6) is 0.435. The highest BCUT2D eigenvalue weighted by Crippen LogP contribution is 2.16. The molecule has 0 amide bonds. The van der Waals surface area contributed by atoms with Gasteiger partial charge in [0, 0.05) is 10.6 Å². The predicted molar refractivity (Wildman–Crippen MR) is 77.0 cm³/mol. The summed E-state index contributed by atoms with van der Waals surface area (Å²) in [7, 11) is 0. The molecular formula is C16H12ClNO2. The average molecular weight is 286 g/mol. The lowest BCUT2D eigenvalue weighted by Gasteiger charge is -2.13. The standard InChI is InChI=1S/C16H12ClNO2/c1-11(16(19)13-4-6-14(17)7-5-13)20-15-8-2-12(10-18)3-9-15/h2-9,11H,1H3/t11-/m0/s1. The zero-order valence-electron chi connectivity index (χ0n) is 10.8. The lowest BCUT2D eigenvalue weighted by atomic mass is 10.1. The van der Waals surface area contributed by atoms with Gasteiger partial charge >= 0.3 is 0 Å². The molecule has 0 aliphatic carbocycles. The van der Waals surface area contributed by atoms with Crippen LogP contribution in [0.2, 0.25) is 5.02 Å². The van der Waals surface area contributed by atoms with Crippen molar-refractivity contribution in [1.29, 1.82) is 5.26 Å². The number of halogens is 1. The maximum absolute atomic E-state index is 12.2. The molecule has 0 heterocycles. The monoisotopic (exact) mass is 285 g/mol. The van der Waals surface area contributed by atoms with Gasteiger partial charge in [0.15, 0.2) is 6.10 Å². The molecule has 0 aromatic heterocycles. The number of nitrogens with zero attached hydrogens (tertiary/aromatic N) is 1. The first-order valence-corrected chi connectivity index (χ1v) is 6.44. The molecule has 4 heteroatoms. The predicted octanol–water partition coefficient (Wildman–Crippen LogP) is 3.86. The fourth-order valence-electron chi connectivity index (χ4n) is 1.71. The van der Waals surface area contributed by atoms with Gasteiger partial charge in [-0.05, 0) is 55.5 Å². The van der Waals surface area contributed by atoms with Crippen molar-refractivity contribution in [2.24, 2.45) is 0 Å². The first-order chi connectivity index (χ1) is 9.60. The molecule has 3 nitrogen and oxygen atoms in total. The van der Waals surface area contributed by atoms with Crippen molar-refractivity contribution in [3.05, 3.63) is 64.7 Å². The molecule has 100 valence electrons. The number of benzene rings is 2. The van der Waals surface area contributed by atoms with Gasteiger partial charge in [-0.15, -0.1) is 0 Å². The summed E-state index contributed by atoms with van der Waals surface area (Å²) >= 11 is 5.79. The Morgan fingerprint density at radius 1 is 1.15 bits per heavy atom. The minimum Gasteiger partial charge on any atom is -0.483 e. The topological polar surface area (TPSA) is 50.1 Å². The molecule has 0 aliphatic rings. The minimum absolute atomic E-state index is 0.119. The van der Waals surface area contributed by atoms with Crippen LogP contribution in [0.5, 0.6) is 5.75 Å². The largest absolute Gasteiger partial charge is 0.483 e. The van der Waals surface area contributed by atoms with Gasteiger partial charge in [0.25, 0.3) is 0 Å². The van der Waals surface area contributed by atoms with Crippen LogP contribution in [0.15, 0.2) is 48.5 Å². The summed E-state index contributed by atoms with van der Waals surface area (Å²) < 4.78 is 5.57. The Kier molecular flexibility index (Phi) is 4.39. The number of Topliss-reactive ketones (excluding diaryl/α,β-unsaturated/α-hetero) is 1. The second kappa shape index (κ2) is 6.23. The molecule has 0 N–H and O–H groups in total. The number of carbonyl (C=O) groups excluding carboxylic acids is 1. The van der Waals surface area contributed by atoms with Crippen molar-refractivity contribution in [1.82, 2.24) is 0 Å². The van der Waals surface area contributed by atoms with Crippen LogP contribution in [0.3, 0.4) is 0 Å². The average Bonchev–Trinajstić information content (AvgIpc) is 2.48. The first-order valence-electron chi connectivity index (χ1n) is 6.07. The summed E-state index contributed by atoms with van der Waals surface area (Å²) in [6.45, 7) is 1.69. The summed E-state index contributed by atoms with van der Waals surface area (Å²) in [4.78, 5) is 12.2. The van der Waals surface area contributed by atoms with E-state index in [-0.39, 0.29) is 5.78 Å². The number of hydrogen-bond acceptors (Lipinski definition) is 3. The number of hydrogen-bond donors (Lipinski definition) is 0. The molecule has 0 bridgehead atoms. The van der Waals surface area contributed by atoms with Gasteiger partial charge in [-0.25, -0.2) is 0 Å². The Morgan fingerprint density at radius 2 is 1.75 bits per heavy atom. The van der Waals surface area contributed by atoms with Crippen LogP contribution in [0.4, 0.5) is 0 Å². The lowest BCUT2D eigenvalue weighted by Crippen LogP contribution is -2.23. The van der Waals surface area contributed by atoms with E-state index in [0.717, 1.165) is 0 Å². The third kappa shape index (κ3) is 3.37. The summed E-state index contributed by atoms with van der Waals surface area (Å²) in [6.07, 6.45) is -0.607. The van der Waals surface area contributed by atoms with Gasteiger partial charge in [-0.2, -0.15) is 5.26 Å². The van der Waals surface area contributed by atoms with Gasteiger partial charge in [0.05, 0.1) is 11.6 Å². The molecule has 2 aromatic carbocycles. The van der Waals surface area contributed by atoms with Crippen molar-refractivity contribution >= 4 is 17.4 Å². The Hall–Kier alpha value is -2.31. The van der Waals surface area contributed by atoms with E-state index >= 15 is 0 Å². The minimum atomic E-state index is -0.607. The molecule has 0 fully saturated rings.